The average molecular weight is 350 g/mol. The van der Waals surface area contributed by atoms with Gasteiger partial charge in [0, 0.05) is 17.1 Å². The highest BCUT2D eigenvalue weighted by Gasteiger charge is 2.29. The summed E-state index contributed by atoms with van der Waals surface area (Å²) in [6, 6.07) is 12.2. The number of pyridine rings is 1. The summed E-state index contributed by atoms with van der Waals surface area (Å²) in [5.41, 5.74) is 1.52. The van der Waals surface area contributed by atoms with Gasteiger partial charge in [-0.25, -0.2) is 0 Å². The van der Waals surface area contributed by atoms with Gasteiger partial charge in [0.15, 0.2) is 0 Å². The molecule has 1 aliphatic rings. The third-order valence-electron chi connectivity index (χ3n) is 4.82. The van der Waals surface area contributed by atoms with Gasteiger partial charge in [-0.15, -0.1) is 0 Å². The maximum atomic E-state index is 12.9. The molecule has 0 spiro atoms. The number of carbonyl (C=O) groups excluding carboxylic acids is 1. The Morgan fingerprint density at radius 1 is 1.23 bits per heavy atom. The molecule has 26 heavy (non-hydrogen) atoms. The number of hydrogen-bond acceptors (Lipinski definition) is 4. The first-order valence-corrected chi connectivity index (χ1v) is 8.35. The van der Waals surface area contributed by atoms with Crippen LogP contribution in [0.1, 0.15) is 28.9 Å². The molecule has 132 valence electrons. The van der Waals surface area contributed by atoms with Crippen molar-refractivity contribution in [2.24, 2.45) is 0 Å². The molecule has 0 fully saturated rings. The predicted octanol–water partition coefficient (Wildman–Crippen LogP) is 3.09. The third kappa shape index (κ3) is 2.34. The van der Waals surface area contributed by atoms with Crippen molar-refractivity contribution >= 4 is 22.5 Å². The summed E-state index contributed by atoms with van der Waals surface area (Å²) in [4.78, 5) is 25.7. The third-order valence-corrected chi connectivity index (χ3v) is 4.82. The summed E-state index contributed by atoms with van der Waals surface area (Å²) >= 11 is 0. The molecule has 0 radical (unpaired) electrons. The fourth-order valence-corrected chi connectivity index (χ4v) is 3.59. The molecule has 1 aliphatic heterocycles. The molecule has 6 heteroatoms. The molecule has 0 aliphatic carbocycles. The van der Waals surface area contributed by atoms with Crippen LogP contribution in [0.25, 0.3) is 10.9 Å². The van der Waals surface area contributed by atoms with Crippen molar-refractivity contribution in [1.29, 1.82) is 0 Å². The molecule has 6 nitrogen and oxygen atoms in total. The fraction of sp³-hybridized carbons (Fsp3) is 0.200. The van der Waals surface area contributed by atoms with Crippen LogP contribution in [0, 0.1) is 0 Å². The van der Waals surface area contributed by atoms with E-state index < -0.39 is 11.5 Å². The quantitative estimate of drug-likeness (QED) is 0.761. The number of para-hydroxylation sites is 1. The lowest BCUT2D eigenvalue weighted by atomic mass is 10.1. The highest BCUT2D eigenvalue weighted by atomic mass is 16.5. The van der Waals surface area contributed by atoms with E-state index in [0.717, 1.165) is 5.56 Å². The van der Waals surface area contributed by atoms with Gasteiger partial charge in [-0.05, 0) is 49.2 Å². The second kappa shape index (κ2) is 5.91. The number of aromatic hydroxyl groups is 1. The summed E-state index contributed by atoms with van der Waals surface area (Å²) in [5.74, 6) is -0.248. The van der Waals surface area contributed by atoms with Crippen molar-refractivity contribution in [3.63, 3.8) is 0 Å². The minimum atomic E-state index is -0.632. The van der Waals surface area contributed by atoms with E-state index in [-0.39, 0.29) is 17.4 Å². The topological polar surface area (TPSA) is 80.6 Å². The number of aromatic nitrogens is 1. The minimum absolute atomic E-state index is 0.0597. The zero-order valence-corrected chi connectivity index (χ0v) is 14.4. The summed E-state index contributed by atoms with van der Waals surface area (Å²) in [6.45, 7) is 1.93. The highest BCUT2D eigenvalue weighted by molar-refractivity contribution is 6.09. The van der Waals surface area contributed by atoms with E-state index in [1.165, 1.54) is 0 Å². The van der Waals surface area contributed by atoms with Crippen LogP contribution < -0.4 is 15.6 Å². The average Bonchev–Trinajstić information content (AvgIpc) is 2.97. The standard InChI is InChI=1S/C20H18N2O4/c1-11-10-12-4-3-5-15-17(12)22(11)20(25)16(18(15)23)19(24)21-13-6-8-14(26-2)9-7-13/h3-9,11,23H,10H2,1-2H3,(H,21,24). The van der Waals surface area contributed by atoms with Gasteiger partial charge in [0.1, 0.15) is 17.1 Å². The number of methoxy groups -OCH3 is 1. The van der Waals surface area contributed by atoms with Crippen LogP contribution >= 0.6 is 0 Å². The number of rotatable bonds is 3. The summed E-state index contributed by atoms with van der Waals surface area (Å²) < 4.78 is 6.69. The number of hydrogen-bond donors (Lipinski definition) is 2. The van der Waals surface area contributed by atoms with Gasteiger partial charge in [0.25, 0.3) is 11.5 Å². The molecule has 1 amide bonds. The Morgan fingerprint density at radius 3 is 2.65 bits per heavy atom. The van der Waals surface area contributed by atoms with Crippen LogP contribution in [0.3, 0.4) is 0 Å². The van der Waals surface area contributed by atoms with E-state index in [1.807, 2.05) is 19.1 Å². The first-order chi connectivity index (χ1) is 12.5. The predicted molar refractivity (Wildman–Crippen MR) is 99.2 cm³/mol. The Morgan fingerprint density at radius 2 is 1.96 bits per heavy atom. The molecule has 1 aromatic heterocycles. The first-order valence-electron chi connectivity index (χ1n) is 8.35. The van der Waals surface area contributed by atoms with E-state index in [0.29, 0.717) is 28.8 Å². The number of nitrogens with zero attached hydrogens (tertiary/aromatic N) is 1. The summed E-state index contributed by atoms with van der Waals surface area (Å²) in [6.07, 6.45) is 0.704. The molecule has 0 saturated heterocycles. The molecular weight excluding hydrogens is 332 g/mol. The number of anilines is 1. The first kappa shape index (κ1) is 16.2. The normalized spacial score (nSPS) is 15.2. The number of ether oxygens (including phenoxy) is 1. The van der Waals surface area contributed by atoms with Crippen LogP contribution in [0.4, 0.5) is 5.69 Å². The van der Waals surface area contributed by atoms with Crippen molar-refractivity contribution in [3.05, 3.63) is 63.9 Å². The Labute approximate surface area is 149 Å². The monoisotopic (exact) mass is 350 g/mol. The van der Waals surface area contributed by atoms with Crippen molar-refractivity contribution in [3.8, 4) is 11.5 Å². The molecule has 2 N–H and O–H groups in total. The maximum Gasteiger partial charge on any atom is 0.268 e. The number of benzene rings is 2. The van der Waals surface area contributed by atoms with E-state index >= 15 is 0 Å². The van der Waals surface area contributed by atoms with E-state index in [4.69, 9.17) is 4.74 Å². The van der Waals surface area contributed by atoms with Gasteiger partial charge in [0.2, 0.25) is 0 Å². The van der Waals surface area contributed by atoms with E-state index in [1.54, 1.807) is 42.0 Å². The van der Waals surface area contributed by atoms with Crippen LogP contribution in [-0.2, 0) is 6.42 Å². The van der Waals surface area contributed by atoms with Gasteiger partial charge in [-0.1, -0.05) is 12.1 Å². The zero-order valence-electron chi connectivity index (χ0n) is 14.4. The Balaban J connectivity index is 1.82. The lowest BCUT2D eigenvalue weighted by Gasteiger charge is -2.14. The highest BCUT2D eigenvalue weighted by Crippen LogP contribution is 2.36. The maximum absolute atomic E-state index is 12.9. The van der Waals surface area contributed by atoms with Crippen LogP contribution in [-0.4, -0.2) is 22.7 Å². The molecular formula is C20H18N2O4. The second-order valence-corrected chi connectivity index (χ2v) is 6.45. The van der Waals surface area contributed by atoms with Crippen LogP contribution in [0.2, 0.25) is 0 Å². The number of nitrogens with one attached hydrogen (secondary N) is 1. The van der Waals surface area contributed by atoms with Crippen molar-refractivity contribution in [2.45, 2.75) is 19.4 Å². The molecule has 1 atom stereocenters. The summed E-state index contributed by atoms with van der Waals surface area (Å²) in [7, 11) is 1.56. The SMILES string of the molecule is COc1ccc(NC(=O)c2c(O)c3cccc4c3n(c2=O)C(C)C4)cc1. The molecule has 0 bridgehead atoms. The largest absolute Gasteiger partial charge is 0.506 e. The molecule has 1 unspecified atom stereocenters. The second-order valence-electron chi connectivity index (χ2n) is 6.45. The molecule has 2 heterocycles. The van der Waals surface area contributed by atoms with Gasteiger partial charge in [-0.3, -0.25) is 9.59 Å². The molecule has 0 saturated carbocycles. The molecule has 4 rings (SSSR count). The fourth-order valence-electron chi connectivity index (χ4n) is 3.59. The van der Waals surface area contributed by atoms with E-state index in [9.17, 15) is 14.7 Å². The Bertz CT molecular complexity index is 1080. The minimum Gasteiger partial charge on any atom is -0.506 e. The van der Waals surface area contributed by atoms with Gasteiger partial charge in [-0.2, -0.15) is 0 Å². The van der Waals surface area contributed by atoms with Crippen molar-refractivity contribution in [2.75, 3.05) is 12.4 Å². The zero-order chi connectivity index (χ0) is 18.4. The van der Waals surface area contributed by atoms with Crippen molar-refractivity contribution in [1.82, 2.24) is 4.57 Å². The van der Waals surface area contributed by atoms with Gasteiger partial charge >= 0.3 is 0 Å². The summed E-state index contributed by atoms with van der Waals surface area (Å²) in [5, 5.41) is 13.8. The van der Waals surface area contributed by atoms with E-state index in [2.05, 4.69) is 5.32 Å². The molecule has 2 aromatic carbocycles. The van der Waals surface area contributed by atoms with Crippen LogP contribution in [0.15, 0.2) is 47.3 Å². The van der Waals surface area contributed by atoms with Crippen LogP contribution in [0.5, 0.6) is 11.5 Å². The van der Waals surface area contributed by atoms with Crippen molar-refractivity contribution < 1.29 is 14.6 Å². The lowest BCUT2D eigenvalue weighted by molar-refractivity contribution is 0.102. The van der Waals surface area contributed by atoms with Gasteiger partial charge < -0.3 is 19.7 Å². The number of amides is 1. The Kier molecular flexibility index (Phi) is 3.68. The smallest absolute Gasteiger partial charge is 0.268 e. The number of carbonyl (C=O) groups is 1. The Hall–Kier alpha value is -3.28. The lowest BCUT2D eigenvalue weighted by Crippen LogP contribution is -2.30. The van der Waals surface area contributed by atoms with Gasteiger partial charge in [0.05, 0.1) is 12.6 Å². The molecule has 3 aromatic rings.